The third-order valence-corrected chi connectivity index (χ3v) is 2.54. The van der Waals surface area contributed by atoms with Crippen LogP contribution in [0.25, 0.3) is 0 Å². The average Bonchev–Trinajstić information content (AvgIpc) is 2.48. The van der Waals surface area contributed by atoms with E-state index >= 15 is 0 Å². The Morgan fingerprint density at radius 2 is 2.38 bits per heavy atom. The first-order valence-electron chi connectivity index (χ1n) is 5.06. The summed E-state index contributed by atoms with van der Waals surface area (Å²) in [6, 6.07) is 0. The first-order chi connectivity index (χ1) is 7.72. The number of esters is 1. The zero-order valence-corrected chi connectivity index (χ0v) is 8.93. The van der Waals surface area contributed by atoms with E-state index in [0.717, 1.165) is 0 Å². The zero-order chi connectivity index (χ0) is 11.5. The summed E-state index contributed by atoms with van der Waals surface area (Å²) in [6.07, 6.45) is 7.14. The Morgan fingerprint density at radius 1 is 1.56 bits per heavy atom. The van der Waals surface area contributed by atoms with Crippen LogP contribution in [0.4, 0.5) is 0 Å². The number of ether oxygens (including phenoxy) is 2. The van der Waals surface area contributed by atoms with Crippen LogP contribution in [0.2, 0.25) is 0 Å². The second-order valence-electron chi connectivity index (χ2n) is 3.58. The Kier molecular flexibility index (Phi) is 2.90. The summed E-state index contributed by atoms with van der Waals surface area (Å²) in [6.45, 7) is 0. The quantitative estimate of drug-likeness (QED) is 0.658. The number of methoxy groups -OCH3 is 1. The summed E-state index contributed by atoms with van der Waals surface area (Å²) in [4.78, 5) is 23.0. The average molecular weight is 220 g/mol. The first kappa shape index (κ1) is 10.7. The number of carbonyl (C=O) groups is 2. The van der Waals surface area contributed by atoms with Gasteiger partial charge in [-0.2, -0.15) is 0 Å². The van der Waals surface area contributed by atoms with Gasteiger partial charge >= 0.3 is 5.97 Å². The highest BCUT2D eigenvalue weighted by atomic mass is 16.5. The summed E-state index contributed by atoms with van der Waals surface area (Å²) >= 11 is 0. The van der Waals surface area contributed by atoms with Crippen molar-refractivity contribution in [3.63, 3.8) is 0 Å². The predicted octanol–water partition coefficient (Wildman–Crippen LogP) is 1.29. The Balaban J connectivity index is 2.11. The summed E-state index contributed by atoms with van der Waals surface area (Å²) < 4.78 is 9.97. The van der Waals surface area contributed by atoms with Crippen LogP contribution >= 0.6 is 0 Å². The fraction of sp³-hybridized carbons (Fsp3) is 0.333. The molecule has 4 heteroatoms. The lowest BCUT2D eigenvalue weighted by molar-refractivity contribution is -0.145. The molecule has 84 valence electrons. The largest absolute Gasteiger partial charge is 0.485 e. The molecule has 0 radical (unpaired) electrons. The molecular weight excluding hydrogens is 208 g/mol. The molecular formula is C12H12O4. The molecule has 4 nitrogen and oxygen atoms in total. The van der Waals surface area contributed by atoms with Crippen LogP contribution in [0.3, 0.4) is 0 Å². The van der Waals surface area contributed by atoms with Gasteiger partial charge in [-0.05, 0) is 6.08 Å². The molecule has 1 aliphatic carbocycles. The molecule has 0 aromatic heterocycles. The smallest absolute Gasteiger partial charge is 0.309 e. The molecule has 0 saturated carbocycles. The molecule has 1 unspecified atom stereocenters. The van der Waals surface area contributed by atoms with E-state index in [4.69, 9.17) is 4.74 Å². The van der Waals surface area contributed by atoms with E-state index in [1.807, 2.05) is 12.2 Å². The van der Waals surface area contributed by atoms with Gasteiger partial charge in [0.1, 0.15) is 5.76 Å². The van der Waals surface area contributed by atoms with Crippen molar-refractivity contribution in [2.24, 2.45) is 0 Å². The zero-order valence-electron chi connectivity index (χ0n) is 8.93. The van der Waals surface area contributed by atoms with Crippen molar-refractivity contribution < 1.29 is 19.1 Å². The van der Waals surface area contributed by atoms with Gasteiger partial charge in [-0.25, -0.2) is 0 Å². The van der Waals surface area contributed by atoms with Crippen LogP contribution in [0.1, 0.15) is 12.8 Å². The third-order valence-electron chi connectivity index (χ3n) is 2.54. The minimum absolute atomic E-state index is 0.0279. The van der Waals surface area contributed by atoms with E-state index in [-0.39, 0.29) is 12.2 Å². The molecule has 2 rings (SSSR count). The molecule has 0 bridgehead atoms. The lowest BCUT2D eigenvalue weighted by Crippen LogP contribution is -2.22. The Morgan fingerprint density at radius 3 is 3.12 bits per heavy atom. The maximum atomic E-state index is 11.9. The lowest BCUT2D eigenvalue weighted by atomic mass is 10.1. The fourth-order valence-corrected chi connectivity index (χ4v) is 1.71. The van der Waals surface area contributed by atoms with E-state index in [1.165, 1.54) is 7.11 Å². The molecule has 1 aliphatic heterocycles. The molecule has 2 aliphatic rings. The normalized spacial score (nSPS) is 22.8. The van der Waals surface area contributed by atoms with Crippen molar-refractivity contribution in [1.29, 1.82) is 0 Å². The molecule has 0 saturated heterocycles. The van der Waals surface area contributed by atoms with Gasteiger partial charge in [0, 0.05) is 6.42 Å². The Hall–Kier alpha value is -1.84. The number of allylic oxidation sites excluding steroid dienone is 4. The summed E-state index contributed by atoms with van der Waals surface area (Å²) in [5, 5.41) is 0. The van der Waals surface area contributed by atoms with Crippen molar-refractivity contribution in [2.45, 2.75) is 18.9 Å². The lowest BCUT2D eigenvalue weighted by Gasteiger charge is -2.09. The number of carbonyl (C=O) groups excluding carboxylic acids is 2. The van der Waals surface area contributed by atoms with Crippen molar-refractivity contribution >= 4 is 11.8 Å². The van der Waals surface area contributed by atoms with Gasteiger partial charge in [-0.1, -0.05) is 18.2 Å². The van der Waals surface area contributed by atoms with Crippen molar-refractivity contribution in [2.75, 3.05) is 7.11 Å². The summed E-state index contributed by atoms with van der Waals surface area (Å²) in [5.74, 6) is 0.0692. The number of hydrogen-bond acceptors (Lipinski definition) is 4. The number of hydrogen-bond donors (Lipinski definition) is 0. The number of ketones is 1. The number of Topliss-reactive ketones (excluding diaryl/α,β-unsaturated/α-hetero) is 1. The molecule has 0 fully saturated rings. The fourth-order valence-electron chi connectivity index (χ4n) is 1.71. The predicted molar refractivity (Wildman–Crippen MR) is 56.4 cm³/mol. The van der Waals surface area contributed by atoms with Crippen LogP contribution in [-0.4, -0.2) is 25.0 Å². The topological polar surface area (TPSA) is 52.6 Å². The molecule has 0 N–H and O–H groups in total. The molecule has 1 heterocycles. The monoisotopic (exact) mass is 220 g/mol. The van der Waals surface area contributed by atoms with E-state index in [2.05, 4.69) is 4.74 Å². The van der Waals surface area contributed by atoms with Crippen LogP contribution in [-0.2, 0) is 19.1 Å². The summed E-state index contributed by atoms with van der Waals surface area (Å²) in [7, 11) is 1.29. The minimum Gasteiger partial charge on any atom is -0.485 e. The molecule has 0 aromatic carbocycles. The van der Waals surface area contributed by atoms with Gasteiger partial charge in [0.25, 0.3) is 0 Å². The SMILES string of the molecule is COC(=O)CC1OC2=C(C=CC=CC2)C1=O. The van der Waals surface area contributed by atoms with Gasteiger partial charge in [-0.3, -0.25) is 9.59 Å². The highest BCUT2D eigenvalue weighted by molar-refractivity contribution is 6.05. The van der Waals surface area contributed by atoms with E-state index in [1.54, 1.807) is 12.2 Å². The molecule has 0 spiro atoms. The molecule has 16 heavy (non-hydrogen) atoms. The van der Waals surface area contributed by atoms with Crippen LogP contribution in [0, 0.1) is 0 Å². The van der Waals surface area contributed by atoms with Gasteiger partial charge in [0.2, 0.25) is 5.78 Å². The minimum atomic E-state index is -0.714. The molecule has 0 amide bonds. The Bertz CT molecular complexity index is 415. The van der Waals surface area contributed by atoms with E-state index < -0.39 is 12.1 Å². The maximum absolute atomic E-state index is 11.9. The van der Waals surface area contributed by atoms with E-state index in [0.29, 0.717) is 17.8 Å². The standard InChI is InChI=1S/C12H12O4/c1-15-11(13)7-10-12(14)8-5-3-2-4-6-9(8)16-10/h2-5,10H,6-7H2,1H3. The van der Waals surface area contributed by atoms with Crippen molar-refractivity contribution in [3.8, 4) is 0 Å². The highest BCUT2D eigenvalue weighted by Gasteiger charge is 2.35. The van der Waals surface area contributed by atoms with Crippen LogP contribution in [0.5, 0.6) is 0 Å². The Labute approximate surface area is 93.2 Å². The van der Waals surface area contributed by atoms with Gasteiger partial charge in [-0.15, -0.1) is 0 Å². The molecule has 0 aromatic rings. The van der Waals surface area contributed by atoms with Gasteiger partial charge in [0.15, 0.2) is 6.10 Å². The maximum Gasteiger partial charge on any atom is 0.309 e. The first-order valence-corrected chi connectivity index (χ1v) is 5.06. The van der Waals surface area contributed by atoms with E-state index in [9.17, 15) is 9.59 Å². The third kappa shape index (κ3) is 1.91. The highest BCUT2D eigenvalue weighted by Crippen LogP contribution is 2.28. The summed E-state index contributed by atoms with van der Waals surface area (Å²) in [5.41, 5.74) is 0.568. The van der Waals surface area contributed by atoms with Crippen LogP contribution < -0.4 is 0 Å². The van der Waals surface area contributed by atoms with Crippen molar-refractivity contribution in [3.05, 3.63) is 35.6 Å². The van der Waals surface area contributed by atoms with Crippen LogP contribution in [0.15, 0.2) is 35.6 Å². The van der Waals surface area contributed by atoms with Gasteiger partial charge in [0.05, 0.1) is 19.1 Å². The number of rotatable bonds is 2. The van der Waals surface area contributed by atoms with Crippen molar-refractivity contribution in [1.82, 2.24) is 0 Å². The van der Waals surface area contributed by atoms with Gasteiger partial charge < -0.3 is 9.47 Å². The second-order valence-corrected chi connectivity index (χ2v) is 3.58. The molecule has 1 atom stereocenters. The second kappa shape index (κ2) is 4.35.